The predicted molar refractivity (Wildman–Crippen MR) is 130 cm³/mol. The zero-order chi connectivity index (χ0) is 24.5. The highest BCUT2D eigenvalue weighted by Gasteiger charge is 2.38. The van der Waals surface area contributed by atoms with E-state index in [9.17, 15) is 21.2 Å². The summed E-state index contributed by atoms with van der Waals surface area (Å²) in [5, 5.41) is 4.46. The van der Waals surface area contributed by atoms with Crippen LogP contribution in [0.15, 0.2) is 82.8 Å². The molecule has 0 fully saturated rings. The monoisotopic (exact) mass is 501 g/mol. The Hall–Kier alpha value is -3.24. The van der Waals surface area contributed by atoms with Gasteiger partial charge in [0, 0.05) is 12.0 Å². The maximum Gasteiger partial charge on any atom is 0.279 e. The summed E-state index contributed by atoms with van der Waals surface area (Å²) in [5.41, 5.74) is 3.00. The first-order chi connectivity index (χ1) is 16.1. The minimum Gasteiger partial charge on any atom is -0.283 e. The number of nitrogens with zero attached hydrogens (tertiary/aromatic N) is 2. The summed E-state index contributed by atoms with van der Waals surface area (Å²) in [6.07, 6.45) is 0.231. The van der Waals surface area contributed by atoms with Gasteiger partial charge in [0.1, 0.15) is 5.82 Å². The number of halogens is 1. The number of hydrazone groups is 1. The van der Waals surface area contributed by atoms with E-state index < -0.39 is 31.9 Å². The van der Waals surface area contributed by atoms with E-state index in [-0.39, 0.29) is 17.1 Å². The molecule has 4 rings (SSSR count). The van der Waals surface area contributed by atoms with Crippen LogP contribution in [0.1, 0.15) is 36.1 Å². The van der Waals surface area contributed by atoms with Gasteiger partial charge in [-0.25, -0.2) is 12.8 Å². The minimum atomic E-state index is -4.12. The van der Waals surface area contributed by atoms with Crippen molar-refractivity contribution in [2.75, 3.05) is 10.5 Å². The fourth-order valence-corrected chi connectivity index (χ4v) is 5.78. The average Bonchev–Trinajstić information content (AvgIpc) is 3.26. The molecule has 3 aromatic carbocycles. The van der Waals surface area contributed by atoms with Gasteiger partial charge in [-0.1, -0.05) is 48.0 Å². The van der Waals surface area contributed by atoms with Crippen molar-refractivity contribution in [2.45, 2.75) is 31.2 Å². The van der Waals surface area contributed by atoms with Crippen LogP contribution in [0.2, 0.25) is 0 Å². The second kappa shape index (κ2) is 9.19. The molecule has 178 valence electrons. The van der Waals surface area contributed by atoms with E-state index in [1.54, 1.807) is 24.3 Å². The van der Waals surface area contributed by atoms with E-state index in [0.29, 0.717) is 17.0 Å². The first-order valence-electron chi connectivity index (χ1n) is 10.6. The Kier molecular flexibility index (Phi) is 6.46. The summed E-state index contributed by atoms with van der Waals surface area (Å²) >= 11 is 0. The maximum absolute atomic E-state index is 13.5. The smallest absolute Gasteiger partial charge is 0.279 e. The summed E-state index contributed by atoms with van der Waals surface area (Å²) in [4.78, 5) is -0.0871. The normalized spacial score (nSPS) is 16.4. The lowest BCUT2D eigenvalue weighted by atomic mass is 9.98. The van der Waals surface area contributed by atoms with Gasteiger partial charge >= 0.3 is 0 Å². The number of hydrogen-bond donors (Lipinski definition) is 1. The van der Waals surface area contributed by atoms with Crippen LogP contribution in [0.5, 0.6) is 0 Å². The number of sulfonamides is 2. The number of nitrogens with one attached hydrogen (secondary N) is 1. The molecule has 10 heteroatoms. The Bertz CT molecular complexity index is 1440. The molecule has 0 bridgehead atoms. The molecule has 34 heavy (non-hydrogen) atoms. The molecule has 1 aliphatic heterocycles. The van der Waals surface area contributed by atoms with Crippen LogP contribution >= 0.6 is 0 Å². The van der Waals surface area contributed by atoms with Crippen LogP contribution < -0.4 is 4.72 Å². The molecule has 0 aliphatic carbocycles. The van der Waals surface area contributed by atoms with E-state index >= 15 is 0 Å². The Balaban J connectivity index is 1.82. The molecule has 1 N–H and O–H groups in total. The zero-order valence-electron chi connectivity index (χ0n) is 18.6. The molecule has 0 unspecified atom stereocenters. The van der Waals surface area contributed by atoms with Gasteiger partial charge in [0.15, 0.2) is 0 Å². The highest BCUT2D eigenvalue weighted by molar-refractivity contribution is 7.92. The van der Waals surface area contributed by atoms with E-state index in [2.05, 4.69) is 9.82 Å². The molecule has 1 heterocycles. The van der Waals surface area contributed by atoms with Gasteiger partial charge in [-0.05, 0) is 49.7 Å². The van der Waals surface area contributed by atoms with Gasteiger partial charge < -0.3 is 0 Å². The van der Waals surface area contributed by atoms with Crippen LogP contribution in [0.25, 0.3) is 0 Å². The molecule has 0 saturated carbocycles. The summed E-state index contributed by atoms with van der Waals surface area (Å²) in [5.74, 6) is -0.651. The van der Waals surface area contributed by atoms with Gasteiger partial charge in [0.25, 0.3) is 10.0 Å². The van der Waals surface area contributed by atoms with E-state index in [4.69, 9.17) is 0 Å². The molecule has 0 amide bonds. The fraction of sp³-hybridized carbons (Fsp3) is 0.208. The van der Waals surface area contributed by atoms with Crippen LogP contribution in [0.3, 0.4) is 0 Å². The molecule has 1 atom stereocenters. The van der Waals surface area contributed by atoms with E-state index in [1.807, 2.05) is 31.2 Å². The van der Waals surface area contributed by atoms with Gasteiger partial charge in [-0.3, -0.25) is 4.72 Å². The Labute approximate surface area is 199 Å². The Morgan fingerprint density at radius 3 is 2.26 bits per heavy atom. The van der Waals surface area contributed by atoms with Crippen molar-refractivity contribution in [3.8, 4) is 0 Å². The zero-order valence-corrected chi connectivity index (χ0v) is 20.3. The van der Waals surface area contributed by atoms with Crippen molar-refractivity contribution in [1.82, 2.24) is 4.41 Å². The minimum absolute atomic E-state index is 0.0871. The second-order valence-corrected chi connectivity index (χ2v) is 11.8. The predicted octanol–water partition coefficient (Wildman–Crippen LogP) is 4.44. The van der Waals surface area contributed by atoms with Crippen molar-refractivity contribution in [3.63, 3.8) is 0 Å². The molecule has 7 nitrogen and oxygen atoms in total. The summed E-state index contributed by atoms with van der Waals surface area (Å²) in [6, 6.07) is 18.1. The molecule has 0 aromatic heterocycles. The molecule has 0 spiro atoms. The third-order valence-corrected chi connectivity index (χ3v) is 8.56. The number of aryl methyl sites for hydroxylation is 1. The van der Waals surface area contributed by atoms with Gasteiger partial charge in [0.2, 0.25) is 10.0 Å². The van der Waals surface area contributed by atoms with Gasteiger partial charge in [-0.15, -0.1) is 0 Å². The van der Waals surface area contributed by atoms with Crippen molar-refractivity contribution in [3.05, 3.63) is 95.3 Å². The SMILES string of the molecule is CCS(=O)(=O)Nc1ccccc1C1=NN(S(=O)(=O)c2ccc(F)cc2)[C@@H](c2ccc(C)cc2)C1. The van der Waals surface area contributed by atoms with Crippen LogP contribution in [0, 0.1) is 12.7 Å². The Morgan fingerprint density at radius 2 is 1.62 bits per heavy atom. The topological polar surface area (TPSA) is 95.9 Å². The van der Waals surface area contributed by atoms with Gasteiger partial charge in [0.05, 0.1) is 28.1 Å². The second-order valence-electron chi connectivity index (χ2n) is 7.96. The largest absolute Gasteiger partial charge is 0.283 e. The quantitative estimate of drug-likeness (QED) is 0.518. The lowest BCUT2D eigenvalue weighted by Gasteiger charge is -2.23. The number of para-hydroxylation sites is 1. The molecule has 3 aromatic rings. The van der Waals surface area contributed by atoms with Crippen molar-refractivity contribution < 1.29 is 21.2 Å². The molecular weight excluding hydrogens is 477 g/mol. The van der Waals surface area contributed by atoms with E-state index in [0.717, 1.165) is 27.7 Å². The number of anilines is 1. The lowest BCUT2D eigenvalue weighted by Crippen LogP contribution is -2.27. The lowest BCUT2D eigenvalue weighted by molar-refractivity contribution is 0.371. The van der Waals surface area contributed by atoms with Crippen LogP contribution in [-0.2, 0) is 20.0 Å². The van der Waals surface area contributed by atoms with Crippen molar-refractivity contribution >= 4 is 31.4 Å². The highest BCUT2D eigenvalue weighted by atomic mass is 32.2. The first-order valence-corrected chi connectivity index (χ1v) is 13.7. The average molecular weight is 502 g/mol. The van der Waals surface area contributed by atoms with E-state index in [1.165, 1.54) is 19.1 Å². The summed E-state index contributed by atoms with van der Waals surface area (Å²) < 4.78 is 68.5. The summed E-state index contributed by atoms with van der Waals surface area (Å²) in [7, 11) is -7.67. The molecule has 0 radical (unpaired) electrons. The van der Waals surface area contributed by atoms with Crippen molar-refractivity contribution in [1.29, 1.82) is 0 Å². The molecular formula is C24H24FN3O4S2. The molecule has 0 saturated heterocycles. The van der Waals surface area contributed by atoms with Crippen LogP contribution in [0.4, 0.5) is 10.1 Å². The third-order valence-electron chi connectivity index (χ3n) is 5.58. The summed E-state index contributed by atoms with van der Waals surface area (Å²) in [6.45, 7) is 3.46. The maximum atomic E-state index is 13.5. The van der Waals surface area contributed by atoms with Crippen molar-refractivity contribution in [2.24, 2.45) is 5.10 Å². The van der Waals surface area contributed by atoms with Crippen LogP contribution in [-0.4, -0.2) is 32.7 Å². The standard InChI is InChI=1S/C24H24FN3O4S2/c1-3-33(29,30)27-22-7-5-4-6-21(22)23-16-24(18-10-8-17(2)9-11-18)28(26-23)34(31,32)20-14-12-19(25)13-15-20/h4-15,24,27H,3,16H2,1-2H3/t24-/m1/s1. The fourth-order valence-electron chi connectivity index (χ4n) is 3.69. The first kappa shape index (κ1) is 23.9. The number of hydrogen-bond acceptors (Lipinski definition) is 5. The highest BCUT2D eigenvalue weighted by Crippen LogP contribution is 2.38. The Morgan fingerprint density at radius 1 is 0.971 bits per heavy atom. The van der Waals surface area contributed by atoms with Gasteiger partial charge in [-0.2, -0.15) is 17.9 Å². The number of rotatable bonds is 7. The third kappa shape index (κ3) is 4.83. The molecule has 1 aliphatic rings. The number of benzene rings is 3.